The molecule has 0 aliphatic carbocycles. The Morgan fingerprint density at radius 3 is 2.33 bits per heavy atom. The summed E-state index contributed by atoms with van der Waals surface area (Å²) in [7, 11) is 0. The zero-order valence-electron chi connectivity index (χ0n) is 8.97. The normalized spacial score (nSPS) is 12.8. The maximum Gasteiger partial charge on any atom is 0.317 e. The van der Waals surface area contributed by atoms with E-state index in [9.17, 15) is 4.79 Å². The van der Waals surface area contributed by atoms with E-state index in [-0.39, 0.29) is 5.92 Å². The molecule has 0 aliphatic heterocycles. The predicted octanol–water partition coefficient (Wildman–Crippen LogP) is 1.99. The van der Waals surface area contributed by atoms with Gasteiger partial charge in [-0.15, -0.1) is 0 Å². The first-order valence-electron chi connectivity index (χ1n) is 4.69. The van der Waals surface area contributed by atoms with Gasteiger partial charge in [-0.2, -0.15) is 0 Å². The molecular weight excluding hydrogens is 212 g/mol. The van der Waals surface area contributed by atoms with Crippen molar-refractivity contribution in [2.24, 2.45) is 5.92 Å². The number of aromatic nitrogens is 2. The van der Waals surface area contributed by atoms with Crippen molar-refractivity contribution in [2.45, 2.75) is 31.2 Å². The quantitative estimate of drug-likeness (QED) is 0.628. The Kier molecular flexibility index (Phi) is 4.08. The fourth-order valence-corrected chi connectivity index (χ4v) is 1.85. The monoisotopic (exact) mass is 226 g/mol. The number of carboxylic acids is 1. The molecule has 0 amide bonds. The van der Waals surface area contributed by atoms with Crippen LogP contribution in [-0.4, -0.2) is 26.3 Å². The Morgan fingerprint density at radius 1 is 1.40 bits per heavy atom. The van der Waals surface area contributed by atoms with Gasteiger partial charge in [0.05, 0.1) is 0 Å². The van der Waals surface area contributed by atoms with Crippen LogP contribution in [-0.2, 0) is 4.79 Å². The van der Waals surface area contributed by atoms with E-state index in [1.807, 2.05) is 20.8 Å². The van der Waals surface area contributed by atoms with Crippen molar-refractivity contribution in [3.05, 3.63) is 18.0 Å². The second kappa shape index (κ2) is 5.11. The Bertz CT molecular complexity index is 338. The summed E-state index contributed by atoms with van der Waals surface area (Å²) in [6.07, 6.45) is 3.38. The van der Waals surface area contributed by atoms with Gasteiger partial charge < -0.3 is 5.11 Å². The molecule has 1 aromatic rings. The minimum absolute atomic E-state index is 0.0532. The second-order valence-electron chi connectivity index (χ2n) is 3.66. The van der Waals surface area contributed by atoms with E-state index in [0.29, 0.717) is 5.16 Å². The number of nitrogens with zero attached hydrogens (tertiary/aromatic N) is 2. The molecule has 5 heteroatoms. The van der Waals surface area contributed by atoms with E-state index in [1.54, 1.807) is 12.4 Å². The van der Waals surface area contributed by atoms with Gasteiger partial charge in [-0.1, -0.05) is 25.6 Å². The van der Waals surface area contributed by atoms with Crippen LogP contribution < -0.4 is 0 Å². The van der Waals surface area contributed by atoms with Crippen molar-refractivity contribution < 1.29 is 9.90 Å². The van der Waals surface area contributed by atoms with Crippen molar-refractivity contribution in [3.8, 4) is 0 Å². The Morgan fingerprint density at radius 2 is 1.93 bits per heavy atom. The first-order valence-corrected chi connectivity index (χ1v) is 5.56. The Hall–Kier alpha value is -1.10. The highest BCUT2D eigenvalue weighted by Gasteiger charge is 2.23. The summed E-state index contributed by atoms with van der Waals surface area (Å²) in [5.74, 6) is -0.767. The fourth-order valence-electron chi connectivity index (χ4n) is 1.03. The fraction of sp³-hybridized carbons (Fsp3) is 0.500. The van der Waals surface area contributed by atoms with Gasteiger partial charge in [-0.05, 0) is 18.4 Å². The summed E-state index contributed by atoms with van der Waals surface area (Å²) in [6, 6.07) is 0. The van der Waals surface area contributed by atoms with E-state index in [2.05, 4.69) is 9.97 Å². The topological polar surface area (TPSA) is 63.1 Å². The zero-order chi connectivity index (χ0) is 11.4. The molecule has 0 saturated heterocycles. The van der Waals surface area contributed by atoms with Crippen LogP contribution in [0.4, 0.5) is 0 Å². The first kappa shape index (κ1) is 12.0. The molecular formula is C10H14N2O2S. The SMILES string of the molecule is Cc1cnc(SC(C(=O)O)C(C)C)nc1. The lowest BCUT2D eigenvalue weighted by Gasteiger charge is -2.13. The largest absolute Gasteiger partial charge is 0.480 e. The maximum absolute atomic E-state index is 10.9. The standard InChI is InChI=1S/C10H14N2O2S/c1-6(2)8(9(13)14)15-10-11-4-7(3)5-12-10/h4-6,8H,1-3H3,(H,13,14). The van der Waals surface area contributed by atoms with E-state index in [0.717, 1.165) is 5.56 Å². The zero-order valence-corrected chi connectivity index (χ0v) is 9.78. The molecule has 0 saturated carbocycles. The number of thioether (sulfide) groups is 1. The van der Waals surface area contributed by atoms with Crippen LogP contribution in [0.1, 0.15) is 19.4 Å². The summed E-state index contributed by atoms with van der Waals surface area (Å²) in [5, 5.41) is 9.01. The van der Waals surface area contributed by atoms with Crippen LogP contribution in [0.3, 0.4) is 0 Å². The van der Waals surface area contributed by atoms with Crippen LogP contribution in [0.25, 0.3) is 0 Å². The molecule has 0 spiro atoms. The predicted molar refractivity (Wildman–Crippen MR) is 58.9 cm³/mol. The van der Waals surface area contributed by atoms with Gasteiger partial charge in [0.1, 0.15) is 5.25 Å². The van der Waals surface area contributed by atoms with Crippen LogP contribution in [0.5, 0.6) is 0 Å². The number of aryl methyl sites for hydroxylation is 1. The molecule has 1 unspecified atom stereocenters. The lowest BCUT2D eigenvalue weighted by molar-refractivity contribution is -0.137. The van der Waals surface area contributed by atoms with E-state index in [1.165, 1.54) is 11.8 Å². The lowest BCUT2D eigenvalue weighted by atomic mass is 10.1. The number of aliphatic carboxylic acids is 1. The molecule has 0 fully saturated rings. The number of hydrogen-bond acceptors (Lipinski definition) is 4. The van der Waals surface area contributed by atoms with Crippen LogP contribution in [0, 0.1) is 12.8 Å². The van der Waals surface area contributed by atoms with Gasteiger partial charge in [0.2, 0.25) is 0 Å². The van der Waals surface area contributed by atoms with Gasteiger partial charge in [-0.25, -0.2) is 9.97 Å². The summed E-state index contributed by atoms with van der Waals surface area (Å²) < 4.78 is 0. The molecule has 15 heavy (non-hydrogen) atoms. The maximum atomic E-state index is 10.9. The summed E-state index contributed by atoms with van der Waals surface area (Å²) in [4.78, 5) is 19.1. The van der Waals surface area contributed by atoms with Crippen molar-refractivity contribution in [3.63, 3.8) is 0 Å². The van der Waals surface area contributed by atoms with E-state index in [4.69, 9.17) is 5.11 Å². The molecule has 1 rings (SSSR count). The molecule has 0 aliphatic rings. The minimum Gasteiger partial charge on any atom is -0.480 e. The average Bonchev–Trinajstić information content (AvgIpc) is 2.15. The highest BCUT2D eigenvalue weighted by atomic mass is 32.2. The van der Waals surface area contributed by atoms with Gasteiger partial charge >= 0.3 is 5.97 Å². The van der Waals surface area contributed by atoms with E-state index < -0.39 is 11.2 Å². The van der Waals surface area contributed by atoms with Crippen LogP contribution >= 0.6 is 11.8 Å². The van der Waals surface area contributed by atoms with Crippen molar-refractivity contribution >= 4 is 17.7 Å². The molecule has 1 N–H and O–H groups in total. The first-order chi connectivity index (χ1) is 7.00. The van der Waals surface area contributed by atoms with Gasteiger partial charge in [0.25, 0.3) is 0 Å². The lowest BCUT2D eigenvalue weighted by Crippen LogP contribution is -2.22. The number of rotatable bonds is 4. The Labute approximate surface area is 93.1 Å². The average molecular weight is 226 g/mol. The van der Waals surface area contributed by atoms with Crippen molar-refractivity contribution in [1.29, 1.82) is 0 Å². The molecule has 1 heterocycles. The minimum atomic E-state index is -0.820. The van der Waals surface area contributed by atoms with Gasteiger partial charge in [-0.3, -0.25) is 4.79 Å². The van der Waals surface area contributed by atoms with Crippen LogP contribution in [0.2, 0.25) is 0 Å². The smallest absolute Gasteiger partial charge is 0.317 e. The third-order valence-electron chi connectivity index (χ3n) is 1.84. The molecule has 82 valence electrons. The second-order valence-corrected chi connectivity index (χ2v) is 4.77. The summed E-state index contributed by atoms with van der Waals surface area (Å²) in [6.45, 7) is 5.64. The summed E-state index contributed by atoms with van der Waals surface area (Å²) in [5.41, 5.74) is 0.968. The summed E-state index contributed by atoms with van der Waals surface area (Å²) >= 11 is 1.19. The molecule has 0 radical (unpaired) electrons. The number of carboxylic acid groups (broad SMARTS) is 1. The molecule has 0 bridgehead atoms. The van der Waals surface area contributed by atoms with Gasteiger partial charge in [0, 0.05) is 12.4 Å². The van der Waals surface area contributed by atoms with Crippen molar-refractivity contribution in [2.75, 3.05) is 0 Å². The number of carbonyl (C=O) groups is 1. The Balaban J connectivity index is 2.74. The third-order valence-corrected chi connectivity index (χ3v) is 3.26. The molecule has 1 aromatic heterocycles. The van der Waals surface area contributed by atoms with Gasteiger partial charge in [0.15, 0.2) is 5.16 Å². The number of hydrogen-bond donors (Lipinski definition) is 1. The van der Waals surface area contributed by atoms with Crippen molar-refractivity contribution in [1.82, 2.24) is 9.97 Å². The van der Waals surface area contributed by atoms with E-state index >= 15 is 0 Å². The highest BCUT2D eigenvalue weighted by molar-refractivity contribution is 8.00. The highest BCUT2D eigenvalue weighted by Crippen LogP contribution is 2.25. The molecule has 4 nitrogen and oxygen atoms in total. The van der Waals surface area contributed by atoms with Crippen LogP contribution in [0.15, 0.2) is 17.6 Å². The molecule has 1 atom stereocenters. The third kappa shape index (κ3) is 3.51. The molecule has 0 aromatic carbocycles.